The second-order valence-electron chi connectivity index (χ2n) is 9.56. The van der Waals surface area contributed by atoms with Crippen molar-refractivity contribution in [1.29, 1.82) is 0 Å². The summed E-state index contributed by atoms with van der Waals surface area (Å²) in [5, 5.41) is 9.41. The average molecular weight is 549 g/mol. The van der Waals surface area contributed by atoms with E-state index < -0.39 is 27.6 Å². The molecule has 0 bridgehead atoms. The lowest BCUT2D eigenvalue weighted by molar-refractivity contribution is -0.111. The third-order valence-electron chi connectivity index (χ3n) is 5.25. The minimum absolute atomic E-state index is 0.0214. The molecule has 4 rings (SSSR count). The predicted octanol–water partition coefficient (Wildman–Crippen LogP) is 4.52. The summed E-state index contributed by atoms with van der Waals surface area (Å²) in [5.41, 5.74) is 1.95. The van der Waals surface area contributed by atoms with Crippen LogP contribution in [0.1, 0.15) is 26.3 Å². The molecule has 0 radical (unpaired) electrons. The Hall–Kier alpha value is -4.71. The van der Waals surface area contributed by atoms with Gasteiger partial charge in [0.2, 0.25) is 5.91 Å². The van der Waals surface area contributed by atoms with E-state index >= 15 is 0 Å². The lowest BCUT2D eigenvalue weighted by Crippen LogP contribution is -2.27. The van der Waals surface area contributed by atoms with Gasteiger partial charge in [-0.05, 0) is 62.7 Å². The number of para-hydroxylation sites is 2. The van der Waals surface area contributed by atoms with Crippen molar-refractivity contribution in [3.05, 3.63) is 85.1 Å². The SMILES string of the molecule is Cn1cc(-c2ccc(S(=O)(=O)n3ccc(/C=C/C(=O)Nc4ccccc4NC(=O)OC(C)(C)C)c3)cn2)cn1. The van der Waals surface area contributed by atoms with E-state index in [0.717, 1.165) is 9.54 Å². The van der Waals surface area contributed by atoms with Crippen molar-refractivity contribution in [3.8, 4) is 11.3 Å². The van der Waals surface area contributed by atoms with Gasteiger partial charge in [0.25, 0.3) is 10.0 Å². The fourth-order valence-corrected chi connectivity index (χ4v) is 4.63. The van der Waals surface area contributed by atoms with Gasteiger partial charge in [0, 0.05) is 43.5 Å². The van der Waals surface area contributed by atoms with Crippen LogP contribution in [0, 0.1) is 0 Å². The molecule has 0 aliphatic carbocycles. The summed E-state index contributed by atoms with van der Waals surface area (Å²) in [6.07, 6.45) is 9.61. The Morgan fingerprint density at radius 1 is 0.974 bits per heavy atom. The van der Waals surface area contributed by atoms with Gasteiger partial charge in [-0.1, -0.05) is 12.1 Å². The lowest BCUT2D eigenvalue weighted by atomic mass is 10.2. The normalized spacial score (nSPS) is 11.9. The Labute approximate surface area is 226 Å². The van der Waals surface area contributed by atoms with Crippen LogP contribution in [0.5, 0.6) is 0 Å². The van der Waals surface area contributed by atoms with Crippen LogP contribution < -0.4 is 10.6 Å². The van der Waals surface area contributed by atoms with Crippen molar-refractivity contribution in [3.63, 3.8) is 0 Å². The maximum Gasteiger partial charge on any atom is 0.412 e. The number of carbonyl (C=O) groups is 2. The zero-order chi connectivity index (χ0) is 28.2. The maximum atomic E-state index is 13.0. The zero-order valence-electron chi connectivity index (χ0n) is 21.8. The van der Waals surface area contributed by atoms with Gasteiger partial charge < -0.3 is 10.1 Å². The number of hydrogen-bond acceptors (Lipinski definition) is 7. The lowest BCUT2D eigenvalue weighted by Gasteiger charge is -2.20. The molecule has 39 heavy (non-hydrogen) atoms. The van der Waals surface area contributed by atoms with Gasteiger partial charge in [-0.25, -0.2) is 17.2 Å². The minimum Gasteiger partial charge on any atom is -0.444 e. The number of rotatable bonds is 7. The highest BCUT2D eigenvalue weighted by molar-refractivity contribution is 7.90. The summed E-state index contributed by atoms with van der Waals surface area (Å²) < 4.78 is 34.1. The van der Waals surface area contributed by atoms with Crippen LogP contribution in [0.25, 0.3) is 17.3 Å². The number of amides is 2. The molecule has 0 saturated carbocycles. The molecular weight excluding hydrogens is 520 g/mol. The molecule has 0 saturated heterocycles. The van der Waals surface area contributed by atoms with Gasteiger partial charge in [-0.2, -0.15) is 5.10 Å². The largest absolute Gasteiger partial charge is 0.444 e. The molecule has 202 valence electrons. The first-order valence-corrected chi connectivity index (χ1v) is 13.3. The molecule has 2 amide bonds. The van der Waals surface area contributed by atoms with Crippen LogP contribution in [0.15, 0.2) is 84.4 Å². The standard InChI is InChI=1S/C27H28N6O5S/c1-27(2,3)38-26(35)31-24-8-6-5-7-23(24)30-25(34)12-9-19-13-14-33(17-19)39(36,37)21-10-11-22(28-16-21)20-15-29-32(4)18-20/h5-18H,1-4H3,(H,30,34)(H,31,35)/b12-9+. The van der Waals surface area contributed by atoms with E-state index in [2.05, 4.69) is 20.7 Å². The predicted molar refractivity (Wildman–Crippen MR) is 147 cm³/mol. The smallest absolute Gasteiger partial charge is 0.412 e. The number of aryl methyl sites for hydroxylation is 1. The second kappa shape index (κ2) is 11.0. The van der Waals surface area contributed by atoms with Crippen LogP contribution in [0.4, 0.5) is 16.2 Å². The van der Waals surface area contributed by atoms with E-state index in [1.807, 2.05) is 0 Å². The Kier molecular flexibility index (Phi) is 7.68. The molecule has 0 atom stereocenters. The number of benzene rings is 1. The number of pyridine rings is 1. The highest BCUT2D eigenvalue weighted by atomic mass is 32.2. The summed E-state index contributed by atoms with van der Waals surface area (Å²) >= 11 is 0. The number of anilines is 2. The van der Waals surface area contributed by atoms with Crippen molar-refractivity contribution in [2.45, 2.75) is 31.3 Å². The topological polar surface area (TPSA) is 137 Å². The summed E-state index contributed by atoms with van der Waals surface area (Å²) in [5.74, 6) is -0.473. The van der Waals surface area contributed by atoms with Crippen molar-refractivity contribution in [2.75, 3.05) is 10.6 Å². The van der Waals surface area contributed by atoms with Crippen LogP contribution in [0.3, 0.4) is 0 Å². The molecule has 1 aromatic carbocycles. The first kappa shape index (κ1) is 27.3. The first-order chi connectivity index (χ1) is 18.4. The quantitative estimate of drug-likeness (QED) is 0.324. The Morgan fingerprint density at radius 2 is 1.69 bits per heavy atom. The summed E-state index contributed by atoms with van der Waals surface area (Å²) in [7, 11) is -2.10. The van der Waals surface area contributed by atoms with E-state index in [9.17, 15) is 18.0 Å². The molecule has 2 N–H and O–H groups in total. The number of hydrogen-bond donors (Lipinski definition) is 2. The number of aromatic nitrogens is 4. The van der Waals surface area contributed by atoms with Gasteiger partial charge >= 0.3 is 6.09 Å². The van der Waals surface area contributed by atoms with Crippen molar-refractivity contribution < 1.29 is 22.7 Å². The maximum absolute atomic E-state index is 13.0. The van der Waals surface area contributed by atoms with Crippen LogP contribution in [0.2, 0.25) is 0 Å². The van der Waals surface area contributed by atoms with Gasteiger partial charge in [-0.15, -0.1) is 0 Å². The summed E-state index contributed by atoms with van der Waals surface area (Å²) in [4.78, 5) is 29.0. The molecule has 0 fully saturated rings. The molecule has 3 heterocycles. The molecule has 0 unspecified atom stereocenters. The van der Waals surface area contributed by atoms with E-state index in [-0.39, 0.29) is 4.90 Å². The van der Waals surface area contributed by atoms with Gasteiger partial charge in [0.15, 0.2) is 0 Å². The van der Waals surface area contributed by atoms with Gasteiger partial charge in [0.05, 0.1) is 23.3 Å². The van der Waals surface area contributed by atoms with Crippen LogP contribution in [-0.2, 0) is 26.6 Å². The van der Waals surface area contributed by atoms with Gasteiger partial charge in [-0.3, -0.25) is 19.8 Å². The van der Waals surface area contributed by atoms with Crippen LogP contribution in [-0.4, -0.2) is 44.8 Å². The van der Waals surface area contributed by atoms with Crippen LogP contribution >= 0.6 is 0 Å². The second-order valence-corrected chi connectivity index (χ2v) is 11.4. The molecule has 0 spiro atoms. The highest BCUT2D eigenvalue weighted by Crippen LogP contribution is 2.23. The third kappa shape index (κ3) is 6.99. The highest BCUT2D eigenvalue weighted by Gasteiger charge is 2.19. The molecule has 11 nitrogen and oxygen atoms in total. The zero-order valence-corrected chi connectivity index (χ0v) is 22.6. The summed E-state index contributed by atoms with van der Waals surface area (Å²) in [6, 6.07) is 11.4. The minimum atomic E-state index is -3.88. The van der Waals surface area contributed by atoms with Crippen molar-refractivity contribution >= 4 is 39.5 Å². The Balaban J connectivity index is 1.42. The average Bonchev–Trinajstić information content (AvgIpc) is 3.53. The molecule has 0 aliphatic heterocycles. The Bertz CT molecular complexity index is 1630. The third-order valence-corrected chi connectivity index (χ3v) is 6.87. The molecule has 12 heteroatoms. The van der Waals surface area contributed by atoms with Crippen molar-refractivity contribution in [2.24, 2.45) is 7.05 Å². The number of carbonyl (C=O) groups excluding carboxylic acids is 2. The van der Waals surface area contributed by atoms with Gasteiger partial charge in [0.1, 0.15) is 10.5 Å². The summed E-state index contributed by atoms with van der Waals surface area (Å²) in [6.45, 7) is 5.25. The van der Waals surface area contributed by atoms with E-state index in [1.54, 1.807) is 81.3 Å². The van der Waals surface area contributed by atoms with E-state index in [0.29, 0.717) is 22.6 Å². The molecule has 0 aliphatic rings. The number of ether oxygens (including phenoxy) is 1. The van der Waals surface area contributed by atoms with Crippen molar-refractivity contribution in [1.82, 2.24) is 18.7 Å². The molecule has 4 aromatic rings. The van der Waals surface area contributed by atoms with E-state index in [4.69, 9.17) is 4.74 Å². The molecular formula is C27H28N6O5S. The fraction of sp³-hybridized carbons (Fsp3) is 0.185. The number of nitrogens with zero attached hydrogens (tertiary/aromatic N) is 4. The fourth-order valence-electron chi connectivity index (χ4n) is 3.48. The van der Waals surface area contributed by atoms with E-state index in [1.165, 1.54) is 36.8 Å². The molecule has 3 aromatic heterocycles. The first-order valence-electron chi connectivity index (χ1n) is 11.9. The monoisotopic (exact) mass is 548 g/mol. The Morgan fingerprint density at radius 3 is 2.31 bits per heavy atom. The number of nitrogens with one attached hydrogen (secondary N) is 2.